The van der Waals surface area contributed by atoms with Crippen molar-refractivity contribution < 1.29 is 0 Å². The van der Waals surface area contributed by atoms with Gasteiger partial charge in [0.15, 0.2) is 0 Å². The lowest BCUT2D eigenvalue weighted by Crippen LogP contribution is -2.23. The Balaban J connectivity index is 1.80. The van der Waals surface area contributed by atoms with Crippen LogP contribution in [0.5, 0.6) is 0 Å². The first-order valence-corrected chi connectivity index (χ1v) is 8.05. The number of nitrogens with one attached hydrogen (secondary N) is 1. The van der Waals surface area contributed by atoms with Crippen LogP contribution in [0.1, 0.15) is 30.8 Å². The first kappa shape index (κ1) is 16.2. The molecule has 2 aromatic rings. The molecule has 1 aromatic heterocycles. The molecule has 0 unspecified atom stereocenters. The van der Waals surface area contributed by atoms with Crippen molar-refractivity contribution in [2.24, 2.45) is 5.10 Å². The van der Waals surface area contributed by atoms with E-state index in [0.717, 1.165) is 11.4 Å². The monoisotopic (exact) mass is 321 g/mol. The largest absolute Gasteiger partial charge is 0.347 e. The first-order chi connectivity index (χ1) is 11.4. The van der Waals surface area contributed by atoms with Gasteiger partial charge in [-0.25, -0.2) is 15.4 Å². The van der Waals surface area contributed by atoms with Crippen LogP contribution in [-0.2, 0) is 5.41 Å². The highest BCUT2D eigenvalue weighted by Crippen LogP contribution is 2.46. The van der Waals surface area contributed by atoms with Gasteiger partial charge in [0, 0.05) is 41.4 Å². The standard InChI is InChI=1S/C19H23N5/c1-13-12-14(2)22-18(21-13)23-20-11-10-17-19(3,4)15-8-6-7-9-16(15)24(17)5/h6-12H,1-5H3,(H,21,22,23)/b17-10-,20-11+. The summed E-state index contributed by atoms with van der Waals surface area (Å²) in [5.74, 6) is 0.518. The number of hydrogen-bond acceptors (Lipinski definition) is 5. The second kappa shape index (κ2) is 6.07. The number of allylic oxidation sites excluding steroid dienone is 2. The predicted octanol–water partition coefficient (Wildman–Crippen LogP) is 3.80. The summed E-state index contributed by atoms with van der Waals surface area (Å²) in [6.45, 7) is 8.35. The van der Waals surface area contributed by atoms with E-state index >= 15 is 0 Å². The second-order valence-electron chi connectivity index (χ2n) is 6.62. The average molecular weight is 321 g/mol. The summed E-state index contributed by atoms with van der Waals surface area (Å²) < 4.78 is 0. The Bertz CT molecular complexity index is 800. The van der Waals surface area contributed by atoms with Gasteiger partial charge in [0.25, 0.3) is 0 Å². The Labute approximate surface area is 143 Å². The van der Waals surface area contributed by atoms with Gasteiger partial charge >= 0.3 is 0 Å². The number of hydrazone groups is 1. The van der Waals surface area contributed by atoms with Crippen LogP contribution in [0, 0.1) is 13.8 Å². The van der Waals surface area contributed by atoms with Gasteiger partial charge in [-0.2, -0.15) is 5.10 Å². The molecular weight excluding hydrogens is 298 g/mol. The van der Waals surface area contributed by atoms with Gasteiger partial charge in [-0.3, -0.25) is 0 Å². The van der Waals surface area contributed by atoms with Crippen LogP contribution in [0.4, 0.5) is 11.6 Å². The Morgan fingerprint density at radius 3 is 2.46 bits per heavy atom. The van der Waals surface area contributed by atoms with E-state index in [0.29, 0.717) is 5.95 Å². The zero-order chi connectivity index (χ0) is 17.3. The van der Waals surface area contributed by atoms with Gasteiger partial charge in [0.05, 0.1) is 0 Å². The molecule has 0 saturated heterocycles. The van der Waals surface area contributed by atoms with E-state index in [4.69, 9.17) is 0 Å². The predicted molar refractivity (Wildman–Crippen MR) is 99.6 cm³/mol. The summed E-state index contributed by atoms with van der Waals surface area (Å²) in [7, 11) is 2.09. The third-order valence-electron chi connectivity index (χ3n) is 4.39. The molecule has 0 atom stereocenters. The van der Waals surface area contributed by atoms with E-state index in [1.165, 1.54) is 16.9 Å². The first-order valence-electron chi connectivity index (χ1n) is 8.05. The molecule has 0 amide bonds. The molecule has 0 spiro atoms. The Kier molecular flexibility index (Phi) is 4.09. The van der Waals surface area contributed by atoms with E-state index in [1.807, 2.05) is 26.0 Å². The van der Waals surface area contributed by atoms with Crippen molar-refractivity contribution in [2.45, 2.75) is 33.1 Å². The van der Waals surface area contributed by atoms with Crippen molar-refractivity contribution in [3.05, 3.63) is 59.1 Å². The highest BCUT2D eigenvalue weighted by molar-refractivity contribution is 5.79. The summed E-state index contributed by atoms with van der Waals surface area (Å²) in [6, 6.07) is 10.4. The lowest BCUT2D eigenvalue weighted by atomic mass is 9.84. The van der Waals surface area contributed by atoms with Crippen LogP contribution >= 0.6 is 0 Å². The number of rotatable bonds is 3. The van der Waals surface area contributed by atoms with Crippen LogP contribution in [0.25, 0.3) is 0 Å². The third-order valence-corrected chi connectivity index (χ3v) is 4.39. The highest BCUT2D eigenvalue weighted by Gasteiger charge is 2.37. The fourth-order valence-corrected chi connectivity index (χ4v) is 3.28. The van der Waals surface area contributed by atoms with Gasteiger partial charge in [0.2, 0.25) is 5.95 Å². The Morgan fingerprint density at radius 1 is 1.12 bits per heavy atom. The zero-order valence-corrected chi connectivity index (χ0v) is 14.8. The molecule has 1 aliphatic heterocycles. The van der Waals surface area contributed by atoms with E-state index in [9.17, 15) is 0 Å². The van der Waals surface area contributed by atoms with E-state index in [1.54, 1.807) is 6.21 Å². The molecule has 0 aliphatic carbocycles. The van der Waals surface area contributed by atoms with Gasteiger partial charge in [0.1, 0.15) is 0 Å². The molecule has 124 valence electrons. The molecule has 1 N–H and O–H groups in total. The van der Waals surface area contributed by atoms with Gasteiger partial charge in [-0.05, 0) is 37.6 Å². The number of fused-ring (bicyclic) bond motifs is 1. The van der Waals surface area contributed by atoms with Crippen LogP contribution in [-0.4, -0.2) is 23.2 Å². The molecule has 5 heteroatoms. The molecular formula is C19H23N5. The number of nitrogens with zero attached hydrogens (tertiary/aromatic N) is 4. The maximum Gasteiger partial charge on any atom is 0.243 e. The molecule has 5 nitrogen and oxygen atoms in total. The Hall–Kier alpha value is -2.69. The van der Waals surface area contributed by atoms with Crippen molar-refractivity contribution >= 4 is 17.9 Å². The summed E-state index contributed by atoms with van der Waals surface area (Å²) in [4.78, 5) is 10.8. The molecule has 0 bridgehead atoms. The van der Waals surface area contributed by atoms with Crippen LogP contribution < -0.4 is 10.3 Å². The minimum Gasteiger partial charge on any atom is -0.347 e. The summed E-state index contributed by atoms with van der Waals surface area (Å²) in [5.41, 5.74) is 8.47. The average Bonchev–Trinajstić information content (AvgIpc) is 2.71. The minimum atomic E-state index is -0.0478. The molecule has 24 heavy (non-hydrogen) atoms. The number of hydrogen-bond donors (Lipinski definition) is 1. The van der Waals surface area contributed by atoms with Crippen LogP contribution in [0.3, 0.4) is 0 Å². The maximum absolute atomic E-state index is 4.31. The van der Waals surface area contributed by atoms with Gasteiger partial charge in [-0.15, -0.1) is 0 Å². The molecule has 2 heterocycles. The van der Waals surface area contributed by atoms with E-state index in [-0.39, 0.29) is 5.41 Å². The fraction of sp³-hybridized carbons (Fsp3) is 0.316. The van der Waals surface area contributed by atoms with E-state index < -0.39 is 0 Å². The molecule has 3 rings (SSSR count). The molecule has 0 fully saturated rings. The van der Waals surface area contributed by atoms with Gasteiger partial charge < -0.3 is 4.90 Å². The highest BCUT2D eigenvalue weighted by atomic mass is 15.3. The zero-order valence-electron chi connectivity index (χ0n) is 14.8. The summed E-state index contributed by atoms with van der Waals surface area (Å²) >= 11 is 0. The van der Waals surface area contributed by atoms with Crippen molar-refractivity contribution in [1.29, 1.82) is 0 Å². The molecule has 1 aliphatic rings. The smallest absolute Gasteiger partial charge is 0.243 e. The molecule has 1 aromatic carbocycles. The topological polar surface area (TPSA) is 53.4 Å². The SMILES string of the molecule is Cc1cc(C)nc(N/N=C/C=C2\N(C)c3ccccc3C2(C)C)n1. The lowest BCUT2D eigenvalue weighted by Gasteiger charge is -2.23. The number of aromatic nitrogens is 2. The van der Waals surface area contributed by atoms with Crippen molar-refractivity contribution in [3.63, 3.8) is 0 Å². The quantitative estimate of drug-likeness (QED) is 0.690. The molecule has 0 radical (unpaired) electrons. The third kappa shape index (κ3) is 2.89. The number of likely N-dealkylation sites (N-methyl/N-ethyl adjacent to an activating group) is 1. The number of aryl methyl sites for hydroxylation is 2. The number of benzene rings is 1. The molecule has 0 saturated carbocycles. The number of anilines is 2. The van der Waals surface area contributed by atoms with Crippen molar-refractivity contribution in [2.75, 3.05) is 17.4 Å². The number of para-hydroxylation sites is 1. The normalized spacial score (nSPS) is 17.5. The van der Waals surface area contributed by atoms with Crippen molar-refractivity contribution in [1.82, 2.24) is 9.97 Å². The van der Waals surface area contributed by atoms with Crippen LogP contribution in [0.2, 0.25) is 0 Å². The lowest BCUT2D eigenvalue weighted by molar-refractivity contribution is 0.641. The summed E-state index contributed by atoms with van der Waals surface area (Å²) in [6.07, 6.45) is 3.80. The maximum atomic E-state index is 4.31. The van der Waals surface area contributed by atoms with Crippen LogP contribution in [0.15, 0.2) is 47.2 Å². The van der Waals surface area contributed by atoms with Crippen molar-refractivity contribution in [3.8, 4) is 0 Å². The van der Waals surface area contributed by atoms with Gasteiger partial charge in [-0.1, -0.05) is 32.0 Å². The minimum absolute atomic E-state index is 0.0478. The summed E-state index contributed by atoms with van der Waals surface area (Å²) in [5, 5.41) is 4.25. The fourth-order valence-electron chi connectivity index (χ4n) is 3.28. The second-order valence-corrected chi connectivity index (χ2v) is 6.62. The van der Waals surface area contributed by atoms with E-state index in [2.05, 4.69) is 70.6 Å². The Morgan fingerprint density at radius 2 is 1.79 bits per heavy atom.